The number of hydrogen-bond donors (Lipinski definition) is 1. The highest BCUT2D eigenvalue weighted by Crippen LogP contribution is 2.31. The van der Waals surface area contributed by atoms with Gasteiger partial charge in [0.05, 0.1) is 16.8 Å². The molecule has 0 fully saturated rings. The first-order valence-corrected chi connectivity index (χ1v) is 8.46. The quantitative estimate of drug-likeness (QED) is 0.858. The fourth-order valence-corrected chi connectivity index (χ4v) is 3.48. The van der Waals surface area contributed by atoms with E-state index in [4.69, 9.17) is 11.6 Å². The number of fused-ring (bicyclic) bond motifs is 1. The van der Waals surface area contributed by atoms with Gasteiger partial charge >= 0.3 is 6.03 Å². The van der Waals surface area contributed by atoms with Crippen molar-refractivity contribution in [2.24, 2.45) is 0 Å². The number of aromatic nitrogens is 1. The molecule has 0 aliphatic carbocycles. The van der Waals surface area contributed by atoms with Gasteiger partial charge in [-0.2, -0.15) is 0 Å². The van der Waals surface area contributed by atoms with Crippen molar-refractivity contribution in [3.63, 3.8) is 0 Å². The van der Waals surface area contributed by atoms with E-state index in [9.17, 15) is 4.79 Å². The van der Waals surface area contributed by atoms with Crippen molar-refractivity contribution in [2.75, 3.05) is 11.9 Å². The average molecular weight is 332 g/mol. The summed E-state index contributed by atoms with van der Waals surface area (Å²) in [6.07, 6.45) is 4.08. The summed E-state index contributed by atoms with van der Waals surface area (Å²) >= 11 is 6.24. The van der Waals surface area contributed by atoms with Crippen LogP contribution in [0.3, 0.4) is 0 Å². The van der Waals surface area contributed by atoms with Crippen molar-refractivity contribution in [1.82, 2.24) is 9.47 Å². The molecule has 1 aliphatic heterocycles. The number of nitrogens with zero attached hydrogens (tertiary/aromatic N) is 2. The first-order valence-electron chi connectivity index (χ1n) is 8.09. The van der Waals surface area contributed by atoms with Crippen molar-refractivity contribution in [3.8, 4) is 0 Å². The van der Waals surface area contributed by atoms with E-state index >= 15 is 0 Å². The Hall–Kier alpha value is -1.94. The lowest BCUT2D eigenvalue weighted by Crippen LogP contribution is -2.44. The molecule has 1 aromatic carbocycles. The fourth-order valence-electron chi connectivity index (χ4n) is 3.19. The second kappa shape index (κ2) is 6.67. The number of rotatable bonds is 3. The molecule has 0 saturated carbocycles. The second-order valence-electron chi connectivity index (χ2n) is 6.04. The van der Waals surface area contributed by atoms with Gasteiger partial charge in [-0.05, 0) is 43.2 Å². The van der Waals surface area contributed by atoms with Gasteiger partial charge in [0, 0.05) is 25.0 Å². The van der Waals surface area contributed by atoms with Crippen molar-refractivity contribution in [1.29, 1.82) is 0 Å². The number of urea groups is 1. The molecule has 0 spiro atoms. The zero-order valence-corrected chi connectivity index (χ0v) is 14.3. The topological polar surface area (TPSA) is 37.3 Å². The van der Waals surface area contributed by atoms with Crippen LogP contribution in [0.5, 0.6) is 0 Å². The first kappa shape index (κ1) is 15.9. The maximum absolute atomic E-state index is 12.8. The summed E-state index contributed by atoms with van der Waals surface area (Å²) in [4.78, 5) is 14.7. The van der Waals surface area contributed by atoms with Crippen LogP contribution in [0, 0.1) is 6.92 Å². The largest absolute Gasteiger partial charge is 0.348 e. The van der Waals surface area contributed by atoms with Crippen LogP contribution in [-0.2, 0) is 6.54 Å². The van der Waals surface area contributed by atoms with Crippen LogP contribution >= 0.6 is 11.6 Å². The highest BCUT2D eigenvalue weighted by Gasteiger charge is 2.30. The number of hydrogen-bond acceptors (Lipinski definition) is 1. The maximum atomic E-state index is 12.8. The lowest BCUT2D eigenvalue weighted by Gasteiger charge is -2.37. The van der Waals surface area contributed by atoms with E-state index in [1.54, 1.807) is 0 Å². The van der Waals surface area contributed by atoms with Gasteiger partial charge < -0.3 is 14.8 Å². The molecule has 0 saturated heterocycles. The zero-order valence-electron chi connectivity index (χ0n) is 13.6. The van der Waals surface area contributed by atoms with Crippen LogP contribution < -0.4 is 5.32 Å². The van der Waals surface area contributed by atoms with E-state index < -0.39 is 0 Å². The normalized spacial score (nSPS) is 17.0. The van der Waals surface area contributed by atoms with Crippen molar-refractivity contribution >= 4 is 23.3 Å². The van der Waals surface area contributed by atoms with E-state index in [-0.39, 0.29) is 12.1 Å². The molecule has 5 heteroatoms. The van der Waals surface area contributed by atoms with E-state index in [0.29, 0.717) is 17.3 Å². The summed E-state index contributed by atoms with van der Waals surface area (Å²) in [5, 5.41) is 3.54. The van der Waals surface area contributed by atoms with Gasteiger partial charge in [-0.25, -0.2) is 4.79 Å². The fraction of sp³-hybridized carbons (Fsp3) is 0.389. The molecule has 1 aliphatic rings. The number of benzene rings is 1. The Morgan fingerprint density at radius 2 is 2.17 bits per heavy atom. The molecule has 23 heavy (non-hydrogen) atoms. The standard InChI is InChI=1S/C18H22ClN3O/c1-3-5-17-16-6-4-9-21(16)10-11-22(17)18(23)20-15-8-7-13(2)12-14(15)19/h4,6-9,12,17H,3,5,10-11H2,1-2H3,(H,20,23)/t17-/m1/s1. The molecular formula is C18H22ClN3O. The van der Waals surface area contributed by atoms with Gasteiger partial charge in [0.1, 0.15) is 0 Å². The molecule has 0 unspecified atom stereocenters. The van der Waals surface area contributed by atoms with Gasteiger partial charge in [0.15, 0.2) is 0 Å². The molecule has 1 N–H and O–H groups in total. The monoisotopic (exact) mass is 331 g/mol. The Morgan fingerprint density at radius 1 is 1.35 bits per heavy atom. The van der Waals surface area contributed by atoms with Gasteiger partial charge in [-0.15, -0.1) is 0 Å². The van der Waals surface area contributed by atoms with Crippen LogP contribution in [0.25, 0.3) is 0 Å². The predicted octanol–water partition coefficient (Wildman–Crippen LogP) is 4.84. The minimum Gasteiger partial charge on any atom is -0.348 e. The highest BCUT2D eigenvalue weighted by atomic mass is 35.5. The zero-order chi connectivity index (χ0) is 16.4. The third kappa shape index (κ3) is 3.22. The molecule has 1 aromatic heterocycles. The summed E-state index contributed by atoms with van der Waals surface area (Å²) in [6, 6.07) is 9.87. The number of aryl methyl sites for hydroxylation is 1. The molecule has 0 radical (unpaired) electrons. The number of amides is 2. The van der Waals surface area contributed by atoms with Crippen molar-refractivity contribution in [3.05, 3.63) is 52.8 Å². The van der Waals surface area contributed by atoms with Crippen molar-refractivity contribution < 1.29 is 4.79 Å². The molecule has 122 valence electrons. The summed E-state index contributed by atoms with van der Waals surface area (Å²) in [7, 11) is 0. The van der Waals surface area contributed by atoms with Crippen LogP contribution in [0.2, 0.25) is 5.02 Å². The Balaban J connectivity index is 1.81. The lowest BCUT2D eigenvalue weighted by molar-refractivity contribution is 0.163. The molecule has 2 aromatic rings. The molecule has 2 amide bonds. The molecule has 0 bridgehead atoms. The van der Waals surface area contributed by atoms with E-state index in [0.717, 1.165) is 24.9 Å². The van der Waals surface area contributed by atoms with Crippen LogP contribution in [0.1, 0.15) is 37.1 Å². The Bertz CT molecular complexity index is 710. The number of carbonyl (C=O) groups is 1. The minimum atomic E-state index is -0.0818. The number of carbonyl (C=O) groups excluding carboxylic acids is 1. The van der Waals surface area contributed by atoms with E-state index in [1.807, 2.05) is 30.0 Å². The third-order valence-corrected chi connectivity index (χ3v) is 4.67. The predicted molar refractivity (Wildman–Crippen MR) is 94.0 cm³/mol. The van der Waals surface area contributed by atoms with E-state index in [2.05, 4.69) is 35.1 Å². The van der Waals surface area contributed by atoms with Crippen LogP contribution in [0.15, 0.2) is 36.5 Å². The lowest BCUT2D eigenvalue weighted by atomic mass is 10.0. The third-order valence-electron chi connectivity index (χ3n) is 4.35. The van der Waals surface area contributed by atoms with E-state index in [1.165, 1.54) is 5.69 Å². The Labute approximate surface area is 142 Å². The first-order chi connectivity index (χ1) is 11.1. The summed E-state index contributed by atoms with van der Waals surface area (Å²) < 4.78 is 2.24. The van der Waals surface area contributed by atoms with Crippen molar-refractivity contribution in [2.45, 2.75) is 39.3 Å². The SMILES string of the molecule is CCC[C@@H]1c2cccn2CCN1C(=O)Nc1ccc(C)cc1Cl. The van der Waals surface area contributed by atoms with Crippen LogP contribution in [-0.4, -0.2) is 22.0 Å². The molecule has 4 nitrogen and oxygen atoms in total. The Kier molecular flexibility index (Phi) is 4.62. The number of halogens is 1. The molecule has 3 rings (SSSR count). The molecule has 2 heterocycles. The summed E-state index contributed by atoms with van der Waals surface area (Å²) in [6.45, 7) is 5.67. The van der Waals surface area contributed by atoms with Gasteiger partial charge in [0.25, 0.3) is 0 Å². The van der Waals surface area contributed by atoms with Gasteiger partial charge in [-0.1, -0.05) is 31.0 Å². The Morgan fingerprint density at radius 3 is 2.91 bits per heavy atom. The highest BCUT2D eigenvalue weighted by molar-refractivity contribution is 6.33. The average Bonchev–Trinajstić information content (AvgIpc) is 2.99. The second-order valence-corrected chi connectivity index (χ2v) is 6.44. The minimum absolute atomic E-state index is 0.0818. The number of anilines is 1. The summed E-state index contributed by atoms with van der Waals surface area (Å²) in [5.74, 6) is 0. The summed E-state index contributed by atoms with van der Waals surface area (Å²) in [5.41, 5.74) is 2.95. The van der Waals surface area contributed by atoms with Crippen LogP contribution in [0.4, 0.5) is 10.5 Å². The van der Waals surface area contributed by atoms with Gasteiger partial charge in [-0.3, -0.25) is 0 Å². The number of nitrogens with one attached hydrogen (secondary N) is 1. The molecule has 1 atom stereocenters. The van der Waals surface area contributed by atoms with Gasteiger partial charge in [0.2, 0.25) is 0 Å². The maximum Gasteiger partial charge on any atom is 0.322 e. The smallest absolute Gasteiger partial charge is 0.322 e. The molecular weight excluding hydrogens is 310 g/mol.